The topological polar surface area (TPSA) is 12.0 Å². The lowest BCUT2D eigenvalue weighted by molar-refractivity contribution is 0.297. The highest BCUT2D eigenvalue weighted by atomic mass is 35.5. The van der Waals surface area contributed by atoms with E-state index in [4.69, 9.17) is 11.6 Å². The van der Waals surface area contributed by atoms with Crippen LogP contribution >= 0.6 is 35.1 Å². The van der Waals surface area contributed by atoms with Crippen molar-refractivity contribution in [2.24, 2.45) is 5.41 Å². The monoisotopic (exact) mass is 327 g/mol. The van der Waals surface area contributed by atoms with Crippen molar-refractivity contribution in [1.29, 1.82) is 0 Å². The molecule has 2 heterocycles. The zero-order valence-corrected chi connectivity index (χ0v) is 14.5. The predicted molar refractivity (Wildman–Crippen MR) is 92.2 cm³/mol. The minimum Gasteiger partial charge on any atom is -0.306 e. The number of rotatable bonds is 2. The van der Waals surface area contributed by atoms with Crippen LogP contribution in [0.5, 0.6) is 0 Å². The lowest BCUT2D eigenvalue weighted by atomic mass is 9.87. The van der Waals surface area contributed by atoms with Crippen molar-refractivity contribution in [2.45, 2.75) is 43.7 Å². The minimum atomic E-state index is 0.459. The van der Waals surface area contributed by atoms with Gasteiger partial charge in [0.1, 0.15) is 0 Å². The van der Waals surface area contributed by atoms with Crippen LogP contribution in [-0.2, 0) is 0 Å². The molecule has 0 bridgehead atoms. The molecular weight excluding hydrogens is 306 g/mol. The Bertz CT molecular complexity index is 489. The van der Waals surface area contributed by atoms with Gasteiger partial charge in [0.25, 0.3) is 0 Å². The van der Waals surface area contributed by atoms with E-state index in [1.54, 1.807) is 0 Å². The van der Waals surface area contributed by atoms with Crippen molar-refractivity contribution in [3.8, 4) is 0 Å². The van der Waals surface area contributed by atoms with E-state index in [1.165, 1.54) is 40.6 Å². The van der Waals surface area contributed by atoms with Gasteiger partial charge >= 0.3 is 0 Å². The molecule has 0 saturated carbocycles. The van der Waals surface area contributed by atoms with Gasteiger partial charge in [0, 0.05) is 27.8 Å². The smallest absolute Gasteiger partial charge is 0.0410 e. The van der Waals surface area contributed by atoms with Crippen LogP contribution in [-0.4, -0.2) is 23.3 Å². The molecule has 3 rings (SSSR count). The zero-order valence-electron chi connectivity index (χ0n) is 12.1. The van der Waals surface area contributed by atoms with E-state index in [-0.39, 0.29) is 0 Å². The van der Waals surface area contributed by atoms with Crippen molar-refractivity contribution in [3.05, 3.63) is 28.8 Å². The standard InChI is InChI=1S/C16H22ClNS2/c1-16(2)8-12(9-19-10-16)18-14-5-6-20-15-4-3-11(17)7-13(14)15/h3-4,7,12,14,18H,5-6,8-10H2,1-2H3. The first kappa shape index (κ1) is 15.1. The first-order chi connectivity index (χ1) is 9.53. The Morgan fingerprint density at radius 2 is 2.20 bits per heavy atom. The van der Waals surface area contributed by atoms with Crippen molar-refractivity contribution in [3.63, 3.8) is 0 Å². The van der Waals surface area contributed by atoms with Crippen LogP contribution in [0.1, 0.15) is 38.3 Å². The lowest BCUT2D eigenvalue weighted by Gasteiger charge is -2.38. The van der Waals surface area contributed by atoms with Gasteiger partial charge in [0.2, 0.25) is 0 Å². The lowest BCUT2D eigenvalue weighted by Crippen LogP contribution is -2.42. The third-order valence-corrected chi connectivity index (χ3v) is 7.04. The van der Waals surface area contributed by atoms with Crippen LogP contribution in [0.25, 0.3) is 0 Å². The first-order valence-electron chi connectivity index (χ1n) is 7.30. The predicted octanol–water partition coefficient (Wildman–Crippen LogP) is 5.00. The van der Waals surface area contributed by atoms with Crippen LogP contribution in [0, 0.1) is 5.41 Å². The van der Waals surface area contributed by atoms with Gasteiger partial charge < -0.3 is 5.32 Å². The molecule has 0 spiro atoms. The van der Waals surface area contributed by atoms with E-state index in [0.717, 1.165) is 5.02 Å². The first-order valence-corrected chi connectivity index (χ1v) is 9.81. The molecule has 1 fully saturated rings. The molecule has 4 heteroatoms. The summed E-state index contributed by atoms with van der Waals surface area (Å²) in [6, 6.07) is 7.44. The highest BCUT2D eigenvalue weighted by Crippen LogP contribution is 2.40. The number of benzene rings is 1. The zero-order chi connectivity index (χ0) is 14.2. The summed E-state index contributed by atoms with van der Waals surface area (Å²) < 4.78 is 0. The molecule has 1 aromatic rings. The van der Waals surface area contributed by atoms with Gasteiger partial charge in [-0.1, -0.05) is 25.4 Å². The summed E-state index contributed by atoms with van der Waals surface area (Å²) in [6.45, 7) is 4.77. The van der Waals surface area contributed by atoms with E-state index in [0.29, 0.717) is 17.5 Å². The summed E-state index contributed by atoms with van der Waals surface area (Å²) in [5, 5.41) is 4.76. The second kappa shape index (κ2) is 6.12. The van der Waals surface area contributed by atoms with Crippen LogP contribution < -0.4 is 5.32 Å². The molecule has 0 aromatic heterocycles. The maximum Gasteiger partial charge on any atom is 0.0410 e. The van der Waals surface area contributed by atoms with Crippen LogP contribution in [0.3, 0.4) is 0 Å². The number of hydrogen-bond donors (Lipinski definition) is 1. The van der Waals surface area contributed by atoms with Gasteiger partial charge in [0.05, 0.1) is 0 Å². The Labute approximate surface area is 135 Å². The molecule has 0 aliphatic carbocycles. The molecule has 1 N–H and O–H groups in total. The van der Waals surface area contributed by atoms with Gasteiger partial charge in [-0.3, -0.25) is 0 Å². The molecular formula is C16H22ClNS2. The largest absolute Gasteiger partial charge is 0.306 e. The number of thioether (sulfide) groups is 2. The highest BCUT2D eigenvalue weighted by Gasteiger charge is 2.31. The molecule has 2 aliphatic heterocycles. The summed E-state index contributed by atoms with van der Waals surface area (Å²) >= 11 is 10.2. The van der Waals surface area contributed by atoms with Crippen LogP contribution in [0.2, 0.25) is 5.02 Å². The Hall–Kier alpha value is 0.170. The fourth-order valence-corrected chi connectivity index (χ4v) is 5.77. The number of halogens is 1. The average Bonchev–Trinajstić information content (AvgIpc) is 2.38. The van der Waals surface area contributed by atoms with Crippen molar-refractivity contribution >= 4 is 35.1 Å². The Morgan fingerprint density at radius 3 is 3.00 bits per heavy atom. The number of nitrogens with one attached hydrogen (secondary N) is 1. The van der Waals surface area contributed by atoms with Gasteiger partial charge in [-0.25, -0.2) is 0 Å². The third kappa shape index (κ3) is 3.49. The quantitative estimate of drug-likeness (QED) is 0.821. The fourth-order valence-electron chi connectivity index (χ4n) is 3.19. The van der Waals surface area contributed by atoms with E-state index in [1.807, 2.05) is 17.8 Å². The van der Waals surface area contributed by atoms with E-state index in [2.05, 4.69) is 43.1 Å². The molecule has 110 valence electrons. The molecule has 2 aliphatic rings. The second-order valence-corrected chi connectivity index (χ2v) is 9.22. The maximum atomic E-state index is 6.19. The van der Waals surface area contributed by atoms with E-state index in [9.17, 15) is 0 Å². The van der Waals surface area contributed by atoms with Crippen molar-refractivity contribution in [1.82, 2.24) is 5.32 Å². The van der Waals surface area contributed by atoms with E-state index >= 15 is 0 Å². The molecule has 2 atom stereocenters. The van der Waals surface area contributed by atoms with Gasteiger partial charge in [-0.15, -0.1) is 11.8 Å². The van der Waals surface area contributed by atoms with E-state index < -0.39 is 0 Å². The summed E-state index contributed by atoms with van der Waals surface area (Å²) in [5.74, 6) is 3.73. The highest BCUT2D eigenvalue weighted by molar-refractivity contribution is 7.99. The molecule has 20 heavy (non-hydrogen) atoms. The van der Waals surface area contributed by atoms with Gasteiger partial charge in [0.15, 0.2) is 0 Å². The van der Waals surface area contributed by atoms with Gasteiger partial charge in [-0.05, 0) is 53.5 Å². The summed E-state index contributed by atoms with van der Waals surface area (Å²) in [5.41, 5.74) is 1.86. The fraction of sp³-hybridized carbons (Fsp3) is 0.625. The normalized spacial score (nSPS) is 28.9. The van der Waals surface area contributed by atoms with Crippen molar-refractivity contribution in [2.75, 3.05) is 17.3 Å². The summed E-state index contributed by atoms with van der Waals surface area (Å²) in [7, 11) is 0. The molecule has 0 radical (unpaired) electrons. The summed E-state index contributed by atoms with van der Waals surface area (Å²) in [4.78, 5) is 1.40. The number of hydrogen-bond acceptors (Lipinski definition) is 3. The Balaban J connectivity index is 1.74. The summed E-state index contributed by atoms with van der Waals surface area (Å²) in [6.07, 6.45) is 2.49. The van der Waals surface area contributed by atoms with Crippen LogP contribution in [0.15, 0.2) is 23.1 Å². The third-order valence-electron chi connectivity index (χ3n) is 4.06. The molecule has 1 nitrogen and oxygen atoms in total. The number of fused-ring (bicyclic) bond motifs is 1. The van der Waals surface area contributed by atoms with Gasteiger partial charge in [-0.2, -0.15) is 11.8 Å². The Kier molecular flexibility index (Phi) is 4.61. The minimum absolute atomic E-state index is 0.459. The average molecular weight is 328 g/mol. The second-order valence-electron chi connectivity index (χ2n) is 6.62. The van der Waals surface area contributed by atoms with Crippen LogP contribution in [0.4, 0.5) is 0 Å². The SMILES string of the molecule is CC1(C)CSCC(NC2CCSc3ccc(Cl)cc32)C1. The molecule has 1 saturated heterocycles. The van der Waals surface area contributed by atoms with Crippen molar-refractivity contribution < 1.29 is 0 Å². The molecule has 1 aromatic carbocycles. The molecule has 0 amide bonds. The molecule has 2 unspecified atom stereocenters. The maximum absolute atomic E-state index is 6.19. The Morgan fingerprint density at radius 1 is 1.35 bits per heavy atom.